The number of hydrogen-bond donors (Lipinski definition) is 1. The Labute approximate surface area is 57.1 Å². The molecule has 1 rings (SSSR count). The largest absolute Gasteiger partial charge is 0.327 e. The van der Waals surface area contributed by atoms with Crippen LogP contribution in [-0.4, -0.2) is 6.04 Å². The van der Waals surface area contributed by atoms with Crippen molar-refractivity contribution in [3.05, 3.63) is 0 Å². The fourth-order valence-electron chi connectivity index (χ4n) is 0.888. The van der Waals surface area contributed by atoms with E-state index in [0.29, 0.717) is 11.5 Å². The first-order valence-electron chi connectivity index (χ1n) is 2.88. The predicted molar refractivity (Wildman–Crippen MR) is 38.2 cm³/mol. The maximum absolute atomic E-state index is 5.66. The van der Waals surface area contributed by atoms with Gasteiger partial charge in [0.05, 0.1) is 0 Å². The molecule has 0 spiro atoms. The molecular formula is C6H14ClN. The second-order valence-corrected chi connectivity index (χ2v) is 3.13. The molecule has 1 aliphatic carbocycles. The molecule has 50 valence electrons. The van der Waals surface area contributed by atoms with E-state index >= 15 is 0 Å². The number of rotatable bonds is 0. The second kappa shape index (κ2) is 2.24. The Morgan fingerprint density at radius 2 is 1.88 bits per heavy atom. The van der Waals surface area contributed by atoms with Crippen LogP contribution >= 0.6 is 12.4 Å². The van der Waals surface area contributed by atoms with Gasteiger partial charge in [-0.3, -0.25) is 0 Å². The van der Waals surface area contributed by atoms with Gasteiger partial charge < -0.3 is 5.73 Å². The summed E-state index contributed by atoms with van der Waals surface area (Å²) in [4.78, 5) is 0. The van der Waals surface area contributed by atoms with Crippen LogP contribution in [0.25, 0.3) is 0 Å². The zero-order chi connectivity index (χ0) is 5.49. The van der Waals surface area contributed by atoms with E-state index in [1.54, 1.807) is 0 Å². The van der Waals surface area contributed by atoms with Crippen LogP contribution in [0.5, 0.6) is 0 Å². The number of nitrogens with two attached hydrogens (primary N) is 1. The first-order valence-corrected chi connectivity index (χ1v) is 2.88. The Hall–Kier alpha value is 0.250. The average Bonchev–Trinajstić information content (AvgIpc) is 1.63. The molecule has 2 N–H and O–H groups in total. The summed E-state index contributed by atoms with van der Waals surface area (Å²) in [7, 11) is 0. The zero-order valence-corrected chi connectivity index (χ0v) is 6.29. The molecule has 0 amide bonds. The van der Waals surface area contributed by atoms with Crippen molar-refractivity contribution in [2.45, 2.75) is 32.7 Å². The Morgan fingerprint density at radius 3 is 1.88 bits per heavy atom. The normalized spacial score (nSPS) is 32.6. The fraction of sp³-hybridized carbons (Fsp3) is 1.00. The lowest BCUT2D eigenvalue weighted by atomic mass is 9.68. The van der Waals surface area contributed by atoms with Crippen LogP contribution in [0.2, 0.25) is 0 Å². The zero-order valence-electron chi connectivity index (χ0n) is 5.48. The van der Waals surface area contributed by atoms with Gasteiger partial charge in [0.1, 0.15) is 0 Å². The van der Waals surface area contributed by atoms with Gasteiger partial charge in [-0.1, -0.05) is 13.8 Å². The molecule has 1 aliphatic rings. The van der Waals surface area contributed by atoms with Crippen LogP contribution in [0, 0.1) is 5.41 Å². The van der Waals surface area contributed by atoms with Crippen molar-refractivity contribution in [1.82, 2.24) is 0 Å². The first-order chi connectivity index (χ1) is 3.13. The van der Waals surface area contributed by atoms with Crippen molar-refractivity contribution >= 4 is 12.4 Å². The van der Waals surface area contributed by atoms with E-state index < -0.39 is 0 Å². The van der Waals surface area contributed by atoms with E-state index in [2.05, 4.69) is 13.8 Å². The van der Waals surface area contributed by atoms with Crippen LogP contribution in [0.15, 0.2) is 0 Å². The topological polar surface area (TPSA) is 26.0 Å². The molecule has 8 heavy (non-hydrogen) atoms. The van der Waals surface area contributed by atoms with Crippen molar-refractivity contribution in [2.75, 3.05) is 0 Å². The van der Waals surface area contributed by atoms with Gasteiger partial charge in [0.15, 0.2) is 0 Å². The minimum absolute atomic E-state index is 0. The predicted octanol–water partition coefficient (Wildman–Crippen LogP) is 1.56. The highest BCUT2D eigenvalue weighted by Crippen LogP contribution is 2.37. The standard InChI is InChI=1S/C6H13N.ClH/c1-6(2)4-3-5(6)7;/h5H,3-4,7H2,1-2H3;1H/t5-;/m0./s1. The third-order valence-corrected chi connectivity index (χ3v) is 2.10. The van der Waals surface area contributed by atoms with Crippen molar-refractivity contribution < 1.29 is 0 Å². The van der Waals surface area contributed by atoms with Crippen LogP contribution in [0.4, 0.5) is 0 Å². The quantitative estimate of drug-likeness (QED) is 0.536. The first kappa shape index (κ1) is 8.25. The van der Waals surface area contributed by atoms with E-state index in [1.807, 2.05) is 0 Å². The van der Waals surface area contributed by atoms with Gasteiger partial charge in [0, 0.05) is 6.04 Å². The Kier molecular flexibility index (Phi) is 2.31. The van der Waals surface area contributed by atoms with Crippen molar-refractivity contribution in [1.29, 1.82) is 0 Å². The van der Waals surface area contributed by atoms with E-state index in [0.717, 1.165) is 0 Å². The van der Waals surface area contributed by atoms with Gasteiger partial charge in [0.25, 0.3) is 0 Å². The smallest absolute Gasteiger partial charge is 0.00905 e. The summed E-state index contributed by atoms with van der Waals surface area (Å²) >= 11 is 0. The summed E-state index contributed by atoms with van der Waals surface area (Å²) in [6.45, 7) is 4.45. The molecule has 0 saturated heterocycles. The lowest BCUT2D eigenvalue weighted by molar-refractivity contribution is 0.144. The van der Waals surface area contributed by atoms with Gasteiger partial charge in [-0.15, -0.1) is 12.4 Å². The molecule has 1 saturated carbocycles. The highest BCUT2D eigenvalue weighted by molar-refractivity contribution is 5.85. The van der Waals surface area contributed by atoms with Crippen molar-refractivity contribution in [2.24, 2.45) is 11.1 Å². The van der Waals surface area contributed by atoms with E-state index in [-0.39, 0.29) is 12.4 Å². The maximum atomic E-state index is 5.66. The number of hydrogen-bond acceptors (Lipinski definition) is 1. The van der Waals surface area contributed by atoms with Crippen molar-refractivity contribution in [3.8, 4) is 0 Å². The fourth-order valence-corrected chi connectivity index (χ4v) is 0.888. The summed E-state index contributed by atoms with van der Waals surface area (Å²) < 4.78 is 0. The lowest BCUT2D eigenvalue weighted by Gasteiger charge is -2.41. The molecule has 0 bridgehead atoms. The van der Waals surface area contributed by atoms with Crippen LogP contribution in [-0.2, 0) is 0 Å². The Bertz CT molecular complexity index is 80.6. The second-order valence-electron chi connectivity index (χ2n) is 3.13. The highest BCUT2D eigenvalue weighted by atomic mass is 35.5. The van der Waals surface area contributed by atoms with Gasteiger partial charge in [-0.05, 0) is 18.3 Å². The van der Waals surface area contributed by atoms with E-state index in [1.165, 1.54) is 12.8 Å². The summed E-state index contributed by atoms with van der Waals surface area (Å²) in [6, 6.07) is 0.479. The molecule has 0 aromatic carbocycles. The molecule has 1 atom stereocenters. The molecule has 1 fully saturated rings. The molecule has 0 aromatic rings. The molecule has 1 nitrogen and oxygen atoms in total. The lowest BCUT2D eigenvalue weighted by Crippen LogP contribution is -2.46. The molecule has 0 radical (unpaired) electrons. The highest BCUT2D eigenvalue weighted by Gasteiger charge is 2.34. The van der Waals surface area contributed by atoms with Crippen LogP contribution in [0.3, 0.4) is 0 Å². The van der Waals surface area contributed by atoms with Gasteiger partial charge in [-0.2, -0.15) is 0 Å². The summed E-state index contributed by atoms with van der Waals surface area (Å²) in [5.74, 6) is 0. The molecule has 0 aliphatic heterocycles. The van der Waals surface area contributed by atoms with Gasteiger partial charge in [0.2, 0.25) is 0 Å². The summed E-state index contributed by atoms with van der Waals surface area (Å²) in [6.07, 6.45) is 2.54. The van der Waals surface area contributed by atoms with Crippen molar-refractivity contribution in [3.63, 3.8) is 0 Å². The molecule has 0 aromatic heterocycles. The van der Waals surface area contributed by atoms with Crippen LogP contribution in [0.1, 0.15) is 26.7 Å². The third-order valence-electron chi connectivity index (χ3n) is 2.10. The monoisotopic (exact) mass is 135 g/mol. The maximum Gasteiger partial charge on any atom is 0.00905 e. The van der Waals surface area contributed by atoms with Gasteiger partial charge in [-0.25, -0.2) is 0 Å². The van der Waals surface area contributed by atoms with E-state index in [4.69, 9.17) is 5.73 Å². The Morgan fingerprint density at radius 1 is 1.50 bits per heavy atom. The third kappa shape index (κ3) is 1.15. The van der Waals surface area contributed by atoms with E-state index in [9.17, 15) is 0 Å². The molecule has 0 unspecified atom stereocenters. The summed E-state index contributed by atoms with van der Waals surface area (Å²) in [5.41, 5.74) is 6.11. The molecule has 0 heterocycles. The minimum Gasteiger partial charge on any atom is -0.327 e. The molecule has 2 heteroatoms. The van der Waals surface area contributed by atoms with Crippen LogP contribution < -0.4 is 5.73 Å². The Balaban J connectivity index is 0.000000490. The van der Waals surface area contributed by atoms with Gasteiger partial charge >= 0.3 is 0 Å². The SMILES string of the molecule is CC1(C)CC[C@@H]1N.Cl. The number of halogens is 1. The minimum atomic E-state index is 0. The molecular weight excluding hydrogens is 122 g/mol. The average molecular weight is 136 g/mol. The summed E-state index contributed by atoms with van der Waals surface area (Å²) in [5, 5.41) is 0.